The summed E-state index contributed by atoms with van der Waals surface area (Å²) >= 11 is 4.97. The van der Waals surface area contributed by atoms with Crippen LogP contribution < -0.4 is 5.32 Å². The second-order valence-electron chi connectivity index (χ2n) is 4.17. The quantitative estimate of drug-likeness (QED) is 0.498. The van der Waals surface area contributed by atoms with Crippen LogP contribution in [0, 0.1) is 0 Å². The van der Waals surface area contributed by atoms with Crippen LogP contribution in [0.5, 0.6) is 0 Å². The molecule has 0 aliphatic carbocycles. The zero-order chi connectivity index (χ0) is 15.8. The highest BCUT2D eigenvalue weighted by atomic mass is 32.1. The number of aromatic nitrogens is 5. The molecular weight excluding hydrogens is 296 g/mol. The highest BCUT2D eigenvalue weighted by Gasteiger charge is 2.08. The zero-order valence-electron chi connectivity index (χ0n) is 12.0. The molecule has 2 heterocycles. The molecule has 2 rings (SSSR count). The Kier molecular flexibility index (Phi) is 5.56. The molecule has 0 aliphatic rings. The van der Waals surface area contributed by atoms with E-state index in [4.69, 9.17) is 12.2 Å². The molecule has 7 heteroatoms. The first-order chi connectivity index (χ1) is 10.7. The predicted octanol–water partition coefficient (Wildman–Crippen LogP) is 2.35. The minimum absolute atomic E-state index is 0.353. The third-order valence-electron chi connectivity index (χ3n) is 2.46. The molecule has 2 aromatic heterocycles. The van der Waals surface area contributed by atoms with E-state index in [0.29, 0.717) is 23.0 Å². The van der Waals surface area contributed by atoms with E-state index in [1.807, 2.05) is 19.1 Å². The fourth-order valence-corrected chi connectivity index (χ4v) is 1.56. The third kappa shape index (κ3) is 4.35. The Bertz CT molecular complexity index is 707. The Morgan fingerprint density at radius 1 is 1.23 bits per heavy atom. The van der Waals surface area contributed by atoms with Gasteiger partial charge in [-0.05, 0) is 31.2 Å². The van der Waals surface area contributed by atoms with Crippen LogP contribution in [-0.4, -0.2) is 30.2 Å². The first-order valence-corrected chi connectivity index (χ1v) is 6.87. The van der Waals surface area contributed by atoms with Crippen molar-refractivity contribution in [3.63, 3.8) is 0 Å². The van der Waals surface area contributed by atoms with Crippen molar-refractivity contribution in [1.29, 1.82) is 0 Å². The van der Waals surface area contributed by atoms with Gasteiger partial charge in [-0.3, -0.25) is 4.98 Å². The number of hydrogen-bond donors (Lipinski definition) is 1. The summed E-state index contributed by atoms with van der Waals surface area (Å²) in [6.07, 6.45) is 8.47. The first-order valence-electron chi connectivity index (χ1n) is 6.46. The second kappa shape index (κ2) is 7.84. The molecule has 0 amide bonds. The summed E-state index contributed by atoms with van der Waals surface area (Å²) in [6.45, 7) is 5.49. The van der Waals surface area contributed by atoms with Crippen molar-refractivity contribution in [3.8, 4) is 11.5 Å². The maximum absolute atomic E-state index is 4.97. The molecule has 0 saturated heterocycles. The van der Waals surface area contributed by atoms with Gasteiger partial charge in [-0.15, -0.1) is 20.4 Å². The number of hydrogen-bond acceptors (Lipinski definition) is 7. The van der Waals surface area contributed by atoms with Crippen molar-refractivity contribution in [1.82, 2.24) is 30.7 Å². The van der Waals surface area contributed by atoms with E-state index in [9.17, 15) is 0 Å². The summed E-state index contributed by atoms with van der Waals surface area (Å²) in [6, 6.07) is 5.46. The van der Waals surface area contributed by atoms with Crippen LogP contribution in [-0.2, 0) is 0 Å². The van der Waals surface area contributed by atoms with Crippen LogP contribution in [0.2, 0.25) is 0 Å². The Morgan fingerprint density at radius 3 is 2.59 bits per heavy atom. The normalized spacial score (nSPS) is 11.4. The second-order valence-corrected chi connectivity index (χ2v) is 4.81. The molecule has 0 spiro atoms. The Hall–Kier alpha value is -2.80. The van der Waals surface area contributed by atoms with Gasteiger partial charge in [0.25, 0.3) is 0 Å². The molecule has 110 valence electrons. The SMILES string of the molecule is C=C/C=C(\NC=CC(C)=S)c1nnc(-c2ccccn2)nn1. The van der Waals surface area contributed by atoms with Gasteiger partial charge in [-0.1, -0.05) is 30.9 Å². The fourth-order valence-electron chi connectivity index (χ4n) is 1.49. The lowest BCUT2D eigenvalue weighted by atomic mass is 10.3. The minimum atomic E-state index is 0.353. The molecule has 22 heavy (non-hydrogen) atoms. The van der Waals surface area contributed by atoms with E-state index in [1.54, 1.807) is 36.7 Å². The lowest BCUT2D eigenvalue weighted by Gasteiger charge is -2.04. The Labute approximate surface area is 133 Å². The van der Waals surface area contributed by atoms with E-state index in [0.717, 1.165) is 4.86 Å². The van der Waals surface area contributed by atoms with Crippen molar-refractivity contribution in [2.75, 3.05) is 0 Å². The molecular formula is C15H14N6S. The highest BCUT2D eigenvalue weighted by molar-refractivity contribution is 7.80. The van der Waals surface area contributed by atoms with Gasteiger partial charge in [0, 0.05) is 17.3 Å². The van der Waals surface area contributed by atoms with Crippen LogP contribution in [0.4, 0.5) is 0 Å². The number of nitrogens with zero attached hydrogens (tertiary/aromatic N) is 5. The van der Waals surface area contributed by atoms with Gasteiger partial charge in [0.15, 0.2) is 0 Å². The number of allylic oxidation sites excluding steroid dienone is 3. The first kappa shape index (κ1) is 15.6. The average Bonchev–Trinajstić information content (AvgIpc) is 2.55. The van der Waals surface area contributed by atoms with Gasteiger partial charge in [-0.2, -0.15) is 0 Å². The van der Waals surface area contributed by atoms with E-state index >= 15 is 0 Å². The zero-order valence-corrected chi connectivity index (χ0v) is 12.8. The predicted molar refractivity (Wildman–Crippen MR) is 89.6 cm³/mol. The van der Waals surface area contributed by atoms with Crippen molar-refractivity contribution in [2.45, 2.75) is 6.92 Å². The molecule has 0 bridgehead atoms. The molecule has 0 aromatic carbocycles. The van der Waals surface area contributed by atoms with Crippen molar-refractivity contribution >= 4 is 22.8 Å². The van der Waals surface area contributed by atoms with E-state index in [-0.39, 0.29) is 0 Å². The summed E-state index contributed by atoms with van der Waals surface area (Å²) < 4.78 is 0. The molecule has 0 atom stereocenters. The summed E-state index contributed by atoms with van der Waals surface area (Å²) in [4.78, 5) is 4.91. The Balaban J connectivity index is 2.21. The summed E-state index contributed by atoms with van der Waals surface area (Å²) in [5, 5.41) is 19.2. The summed E-state index contributed by atoms with van der Waals surface area (Å²) in [7, 11) is 0. The van der Waals surface area contributed by atoms with Gasteiger partial charge < -0.3 is 5.32 Å². The summed E-state index contributed by atoms with van der Waals surface area (Å²) in [5.41, 5.74) is 1.24. The molecule has 1 N–H and O–H groups in total. The maximum Gasteiger partial charge on any atom is 0.221 e. The smallest absolute Gasteiger partial charge is 0.221 e. The third-order valence-corrected chi connectivity index (χ3v) is 2.59. The average molecular weight is 310 g/mol. The lowest BCUT2D eigenvalue weighted by Crippen LogP contribution is -2.11. The van der Waals surface area contributed by atoms with Crippen molar-refractivity contribution < 1.29 is 0 Å². The molecule has 0 unspecified atom stereocenters. The topological polar surface area (TPSA) is 76.5 Å². The molecule has 0 saturated carbocycles. The largest absolute Gasteiger partial charge is 0.358 e. The lowest BCUT2D eigenvalue weighted by molar-refractivity contribution is 0.830. The van der Waals surface area contributed by atoms with Gasteiger partial charge in [0.05, 0.1) is 5.70 Å². The fraction of sp³-hybridized carbons (Fsp3) is 0.0667. The van der Waals surface area contributed by atoms with Gasteiger partial charge in [0.1, 0.15) is 5.69 Å². The maximum atomic E-state index is 4.97. The van der Waals surface area contributed by atoms with Crippen LogP contribution in [0.3, 0.4) is 0 Å². The van der Waals surface area contributed by atoms with Crippen LogP contribution in [0.1, 0.15) is 12.7 Å². The number of nitrogens with one attached hydrogen (secondary N) is 1. The molecule has 6 nitrogen and oxygen atoms in total. The number of thiocarbonyl (C=S) groups is 1. The minimum Gasteiger partial charge on any atom is -0.358 e. The standard InChI is InChI=1S/C15H14N6S/c1-3-6-12(17-10-8-11(2)22)14-18-20-15(21-19-14)13-7-4-5-9-16-13/h3-10,17H,1H2,2H3/b10-8?,12-6-. The summed E-state index contributed by atoms with van der Waals surface area (Å²) in [5.74, 6) is 0.721. The van der Waals surface area contributed by atoms with Crippen molar-refractivity contribution in [3.05, 3.63) is 61.2 Å². The van der Waals surface area contributed by atoms with E-state index < -0.39 is 0 Å². The molecule has 2 aromatic rings. The van der Waals surface area contributed by atoms with Gasteiger partial charge in [-0.25, -0.2) is 0 Å². The highest BCUT2D eigenvalue weighted by Crippen LogP contribution is 2.09. The van der Waals surface area contributed by atoms with Crippen molar-refractivity contribution in [2.24, 2.45) is 0 Å². The molecule has 0 fully saturated rings. The van der Waals surface area contributed by atoms with E-state index in [1.165, 1.54) is 0 Å². The number of pyridine rings is 1. The monoisotopic (exact) mass is 310 g/mol. The Morgan fingerprint density at radius 2 is 2.00 bits per heavy atom. The van der Waals surface area contributed by atoms with E-state index in [2.05, 4.69) is 37.3 Å². The van der Waals surface area contributed by atoms with Crippen LogP contribution >= 0.6 is 12.2 Å². The molecule has 0 radical (unpaired) electrons. The van der Waals surface area contributed by atoms with Crippen LogP contribution in [0.15, 0.2) is 55.4 Å². The van der Waals surface area contributed by atoms with Gasteiger partial charge in [0.2, 0.25) is 11.6 Å². The van der Waals surface area contributed by atoms with Crippen LogP contribution in [0.25, 0.3) is 17.2 Å². The number of rotatable bonds is 6. The molecule has 0 aliphatic heterocycles. The van der Waals surface area contributed by atoms with Gasteiger partial charge >= 0.3 is 0 Å².